The Hall–Kier alpha value is -0.530. The number of hydrogen-bond acceptors (Lipinski definition) is 1. The summed E-state index contributed by atoms with van der Waals surface area (Å²) < 4.78 is 0. The van der Waals surface area contributed by atoms with Crippen LogP contribution in [0.1, 0.15) is 111 Å². The van der Waals surface area contributed by atoms with Gasteiger partial charge in [-0.1, -0.05) is 97.8 Å². The normalized spacial score (nSPS) is 12.7. The van der Waals surface area contributed by atoms with Crippen LogP contribution in [0.25, 0.3) is 0 Å². The average Bonchev–Trinajstić information content (AvgIpc) is 2.46. The van der Waals surface area contributed by atoms with E-state index in [0.717, 1.165) is 24.7 Å². The lowest BCUT2D eigenvalue weighted by molar-refractivity contribution is -0.137. The lowest BCUT2D eigenvalue weighted by atomic mass is 9.92. The predicted octanol–water partition coefficient (Wildman–Crippen LogP) is 6.82. The van der Waals surface area contributed by atoms with E-state index < -0.39 is 5.97 Å². The molecule has 1 atom stereocenters. The fraction of sp³-hybridized carbons (Fsp3) is 0.950. The summed E-state index contributed by atoms with van der Waals surface area (Å²) in [6.45, 7) is 7.04. The number of carboxylic acids is 1. The quantitative estimate of drug-likeness (QED) is 0.317. The van der Waals surface area contributed by atoms with Crippen LogP contribution in [0.3, 0.4) is 0 Å². The Labute approximate surface area is 139 Å². The standard InChI is InChI=1S/C20H40O2/c1-18(2)19(3)16-14-12-10-8-6-4-5-7-9-11-13-15-17-20(21)22/h18-19H,4-17H2,1-3H3,(H,21,22). The molecule has 0 heterocycles. The Kier molecular flexibility index (Phi) is 15.0. The van der Waals surface area contributed by atoms with E-state index in [1.165, 1.54) is 70.6 Å². The monoisotopic (exact) mass is 312 g/mol. The molecule has 2 heteroatoms. The minimum Gasteiger partial charge on any atom is -0.481 e. The van der Waals surface area contributed by atoms with Crippen molar-refractivity contribution >= 4 is 5.97 Å². The molecule has 0 aromatic heterocycles. The van der Waals surface area contributed by atoms with Gasteiger partial charge in [-0.3, -0.25) is 4.79 Å². The summed E-state index contributed by atoms with van der Waals surface area (Å²) in [5.74, 6) is 1.07. The molecule has 0 saturated carbocycles. The fourth-order valence-corrected chi connectivity index (χ4v) is 2.84. The Bertz CT molecular complexity index is 248. The van der Waals surface area contributed by atoms with Gasteiger partial charge in [0.15, 0.2) is 0 Å². The molecule has 0 amide bonds. The van der Waals surface area contributed by atoms with E-state index in [1.54, 1.807) is 0 Å². The number of aliphatic carboxylic acids is 1. The van der Waals surface area contributed by atoms with E-state index in [1.807, 2.05) is 0 Å². The second kappa shape index (κ2) is 15.4. The zero-order valence-electron chi connectivity index (χ0n) is 15.4. The molecular formula is C20H40O2. The maximum absolute atomic E-state index is 10.4. The molecule has 0 aromatic rings. The number of unbranched alkanes of at least 4 members (excludes halogenated alkanes) is 11. The first-order chi connectivity index (χ1) is 10.5. The molecular weight excluding hydrogens is 272 g/mol. The highest BCUT2D eigenvalue weighted by molar-refractivity contribution is 5.66. The highest BCUT2D eigenvalue weighted by Gasteiger charge is 2.05. The second-order valence-electron chi connectivity index (χ2n) is 7.40. The molecule has 0 aliphatic heterocycles. The third kappa shape index (κ3) is 15.9. The number of hydrogen-bond donors (Lipinski definition) is 1. The molecule has 0 rings (SSSR count). The maximum atomic E-state index is 10.4. The largest absolute Gasteiger partial charge is 0.481 e. The van der Waals surface area contributed by atoms with Crippen LogP contribution in [0.2, 0.25) is 0 Å². The van der Waals surface area contributed by atoms with Gasteiger partial charge >= 0.3 is 5.97 Å². The summed E-state index contributed by atoms with van der Waals surface area (Å²) in [5.41, 5.74) is 0. The van der Waals surface area contributed by atoms with Crippen molar-refractivity contribution in [2.45, 2.75) is 111 Å². The third-order valence-corrected chi connectivity index (χ3v) is 4.94. The van der Waals surface area contributed by atoms with Crippen molar-refractivity contribution in [2.24, 2.45) is 11.8 Å². The molecule has 22 heavy (non-hydrogen) atoms. The van der Waals surface area contributed by atoms with Crippen molar-refractivity contribution in [1.82, 2.24) is 0 Å². The molecule has 0 aliphatic carbocycles. The number of rotatable bonds is 16. The van der Waals surface area contributed by atoms with E-state index in [4.69, 9.17) is 5.11 Å². The minimum absolute atomic E-state index is 0.343. The molecule has 0 fully saturated rings. The van der Waals surface area contributed by atoms with E-state index in [-0.39, 0.29) is 0 Å². The molecule has 0 spiro atoms. The van der Waals surface area contributed by atoms with Gasteiger partial charge in [0.2, 0.25) is 0 Å². The fourth-order valence-electron chi connectivity index (χ4n) is 2.84. The van der Waals surface area contributed by atoms with Crippen LogP contribution in [-0.2, 0) is 4.79 Å². The molecule has 0 saturated heterocycles. The SMILES string of the molecule is CC(C)C(C)CCCCCCCCCCCCCCC(=O)O. The summed E-state index contributed by atoms with van der Waals surface area (Å²) in [6.07, 6.45) is 17.3. The van der Waals surface area contributed by atoms with Crippen molar-refractivity contribution in [1.29, 1.82) is 0 Å². The molecule has 132 valence electrons. The molecule has 0 aliphatic rings. The van der Waals surface area contributed by atoms with Gasteiger partial charge in [0.1, 0.15) is 0 Å². The van der Waals surface area contributed by atoms with Crippen LogP contribution in [0, 0.1) is 11.8 Å². The summed E-state index contributed by atoms with van der Waals surface area (Å²) in [4.78, 5) is 10.4. The molecule has 1 unspecified atom stereocenters. The topological polar surface area (TPSA) is 37.3 Å². The minimum atomic E-state index is -0.654. The smallest absolute Gasteiger partial charge is 0.303 e. The van der Waals surface area contributed by atoms with Crippen LogP contribution < -0.4 is 0 Å². The Morgan fingerprint density at radius 2 is 1.05 bits per heavy atom. The van der Waals surface area contributed by atoms with E-state index in [9.17, 15) is 4.79 Å². The first-order valence-corrected chi connectivity index (χ1v) is 9.75. The van der Waals surface area contributed by atoms with E-state index >= 15 is 0 Å². The second-order valence-corrected chi connectivity index (χ2v) is 7.40. The van der Waals surface area contributed by atoms with Gasteiger partial charge < -0.3 is 5.11 Å². The van der Waals surface area contributed by atoms with Crippen molar-refractivity contribution < 1.29 is 9.90 Å². The van der Waals surface area contributed by atoms with Crippen LogP contribution >= 0.6 is 0 Å². The summed E-state index contributed by atoms with van der Waals surface area (Å²) in [6, 6.07) is 0. The number of carbonyl (C=O) groups is 1. The lowest BCUT2D eigenvalue weighted by Crippen LogP contribution is -2.03. The molecule has 0 radical (unpaired) electrons. The first-order valence-electron chi connectivity index (χ1n) is 9.75. The van der Waals surface area contributed by atoms with Crippen LogP contribution in [0.5, 0.6) is 0 Å². The van der Waals surface area contributed by atoms with Gasteiger partial charge in [0.25, 0.3) is 0 Å². The van der Waals surface area contributed by atoms with Crippen LogP contribution in [0.4, 0.5) is 0 Å². The molecule has 1 N–H and O–H groups in total. The summed E-state index contributed by atoms with van der Waals surface area (Å²) in [7, 11) is 0. The van der Waals surface area contributed by atoms with Crippen molar-refractivity contribution in [2.75, 3.05) is 0 Å². The Morgan fingerprint density at radius 1 is 0.682 bits per heavy atom. The maximum Gasteiger partial charge on any atom is 0.303 e. The van der Waals surface area contributed by atoms with Crippen molar-refractivity contribution in [3.8, 4) is 0 Å². The Balaban J connectivity index is 3.07. The lowest BCUT2D eigenvalue weighted by Gasteiger charge is -2.14. The van der Waals surface area contributed by atoms with Gasteiger partial charge in [-0.2, -0.15) is 0 Å². The zero-order chi connectivity index (χ0) is 16.6. The van der Waals surface area contributed by atoms with Crippen molar-refractivity contribution in [3.63, 3.8) is 0 Å². The first kappa shape index (κ1) is 21.5. The predicted molar refractivity (Wildman–Crippen MR) is 96.3 cm³/mol. The number of carboxylic acid groups (broad SMARTS) is 1. The average molecular weight is 313 g/mol. The molecule has 0 aromatic carbocycles. The highest BCUT2D eigenvalue weighted by Crippen LogP contribution is 2.19. The van der Waals surface area contributed by atoms with E-state index in [2.05, 4.69) is 20.8 Å². The Morgan fingerprint density at radius 3 is 1.41 bits per heavy atom. The third-order valence-electron chi connectivity index (χ3n) is 4.94. The van der Waals surface area contributed by atoms with Gasteiger partial charge in [0.05, 0.1) is 0 Å². The van der Waals surface area contributed by atoms with Crippen molar-refractivity contribution in [3.05, 3.63) is 0 Å². The highest BCUT2D eigenvalue weighted by atomic mass is 16.4. The van der Waals surface area contributed by atoms with Crippen LogP contribution in [-0.4, -0.2) is 11.1 Å². The van der Waals surface area contributed by atoms with Crippen LogP contribution in [0.15, 0.2) is 0 Å². The van der Waals surface area contributed by atoms with Gasteiger partial charge in [-0.25, -0.2) is 0 Å². The van der Waals surface area contributed by atoms with Gasteiger partial charge in [-0.05, 0) is 18.3 Å². The molecule has 0 bridgehead atoms. The molecule has 2 nitrogen and oxygen atoms in total. The summed E-state index contributed by atoms with van der Waals surface area (Å²) in [5, 5.41) is 8.54. The van der Waals surface area contributed by atoms with E-state index in [0.29, 0.717) is 6.42 Å². The van der Waals surface area contributed by atoms with Gasteiger partial charge in [0, 0.05) is 6.42 Å². The zero-order valence-corrected chi connectivity index (χ0v) is 15.4. The van der Waals surface area contributed by atoms with Gasteiger partial charge in [-0.15, -0.1) is 0 Å². The summed E-state index contributed by atoms with van der Waals surface area (Å²) >= 11 is 0.